The average Bonchev–Trinajstić information content (AvgIpc) is 2.36. The summed E-state index contributed by atoms with van der Waals surface area (Å²) in [6.07, 6.45) is 2.44. The minimum Gasteiger partial charge on any atom is -0.383 e. The van der Waals surface area contributed by atoms with Crippen molar-refractivity contribution < 1.29 is 9.84 Å². The first-order chi connectivity index (χ1) is 9.01. The molecule has 3 heteroatoms. The molecule has 1 aromatic carbocycles. The van der Waals surface area contributed by atoms with Crippen LogP contribution >= 0.6 is 0 Å². The molecule has 0 aliphatic heterocycles. The van der Waals surface area contributed by atoms with Crippen LogP contribution in [0.5, 0.6) is 0 Å². The number of hydrogen-bond donors (Lipinski definition) is 2. The molecule has 3 N–H and O–H groups in total. The van der Waals surface area contributed by atoms with Crippen LogP contribution in [0.25, 0.3) is 0 Å². The van der Waals surface area contributed by atoms with Crippen LogP contribution in [0.1, 0.15) is 37.8 Å². The van der Waals surface area contributed by atoms with E-state index < -0.39 is 5.60 Å². The summed E-state index contributed by atoms with van der Waals surface area (Å²) >= 11 is 0. The predicted octanol–water partition coefficient (Wildman–Crippen LogP) is 2.46. The monoisotopic (exact) mass is 265 g/mol. The van der Waals surface area contributed by atoms with E-state index in [-0.39, 0.29) is 0 Å². The number of rotatable bonds is 8. The number of benzene rings is 1. The molecule has 1 atom stereocenters. The molecule has 0 radical (unpaired) electrons. The number of nitrogens with two attached hydrogens (primary N) is 1. The minimum absolute atomic E-state index is 0.304. The molecule has 0 spiro atoms. The maximum absolute atomic E-state index is 10.8. The lowest BCUT2D eigenvalue weighted by molar-refractivity contribution is -0.0430. The third-order valence-corrected chi connectivity index (χ3v) is 3.29. The average molecular weight is 265 g/mol. The summed E-state index contributed by atoms with van der Waals surface area (Å²) in [5.74, 6) is 0.606. The van der Waals surface area contributed by atoms with Crippen molar-refractivity contribution in [3.63, 3.8) is 0 Å². The molecule has 108 valence electrons. The fraction of sp³-hybridized carbons (Fsp3) is 0.625. The second-order valence-corrected chi connectivity index (χ2v) is 5.66. The Kier molecular flexibility index (Phi) is 6.49. The fourth-order valence-electron chi connectivity index (χ4n) is 2.39. The Labute approximate surface area is 116 Å². The maximum Gasteiger partial charge on any atom is 0.113 e. The smallest absolute Gasteiger partial charge is 0.113 e. The zero-order chi connectivity index (χ0) is 14.3. The third kappa shape index (κ3) is 4.94. The van der Waals surface area contributed by atoms with Gasteiger partial charge in [-0.25, -0.2) is 0 Å². The summed E-state index contributed by atoms with van der Waals surface area (Å²) in [6, 6.07) is 8.19. The Morgan fingerprint density at radius 1 is 1.37 bits per heavy atom. The van der Waals surface area contributed by atoms with E-state index in [0.717, 1.165) is 18.4 Å². The summed E-state index contributed by atoms with van der Waals surface area (Å²) in [7, 11) is 1.62. The molecule has 0 heterocycles. The van der Waals surface area contributed by atoms with Gasteiger partial charge in [0.15, 0.2) is 0 Å². The molecule has 1 rings (SSSR count). The lowest BCUT2D eigenvalue weighted by Crippen LogP contribution is -2.32. The second kappa shape index (κ2) is 7.63. The first kappa shape index (κ1) is 16.2. The zero-order valence-electron chi connectivity index (χ0n) is 12.4. The topological polar surface area (TPSA) is 55.5 Å². The quantitative estimate of drug-likeness (QED) is 0.759. The Morgan fingerprint density at radius 3 is 2.68 bits per heavy atom. The molecule has 3 nitrogen and oxygen atoms in total. The molecule has 0 amide bonds. The van der Waals surface area contributed by atoms with Crippen LogP contribution < -0.4 is 5.73 Å². The van der Waals surface area contributed by atoms with Gasteiger partial charge < -0.3 is 15.6 Å². The molecular weight excluding hydrogens is 238 g/mol. The van der Waals surface area contributed by atoms with E-state index in [1.807, 2.05) is 12.1 Å². The van der Waals surface area contributed by atoms with Crippen LogP contribution in [-0.2, 0) is 16.8 Å². The molecule has 0 aliphatic carbocycles. The Balaban J connectivity index is 2.94. The van der Waals surface area contributed by atoms with Gasteiger partial charge in [-0.2, -0.15) is 0 Å². The largest absolute Gasteiger partial charge is 0.383 e. The van der Waals surface area contributed by atoms with E-state index in [1.165, 1.54) is 5.56 Å². The Bertz CT molecular complexity index is 379. The number of methoxy groups -OCH3 is 1. The molecule has 0 aromatic heterocycles. The van der Waals surface area contributed by atoms with Crippen molar-refractivity contribution in [2.24, 2.45) is 11.7 Å². The van der Waals surface area contributed by atoms with Crippen molar-refractivity contribution >= 4 is 0 Å². The lowest BCUT2D eigenvalue weighted by atomic mass is 9.87. The highest BCUT2D eigenvalue weighted by Gasteiger charge is 2.28. The van der Waals surface area contributed by atoms with Gasteiger partial charge in [0.1, 0.15) is 5.60 Å². The van der Waals surface area contributed by atoms with Gasteiger partial charge in [-0.15, -0.1) is 0 Å². The maximum atomic E-state index is 10.8. The van der Waals surface area contributed by atoms with Crippen LogP contribution in [-0.4, -0.2) is 25.4 Å². The fourth-order valence-corrected chi connectivity index (χ4v) is 2.39. The SMILES string of the molecule is COCC(O)(CCCN)c1cccc(CC(C)C)c1. The first-order valence-electron chi connectivity index (χ1n) is 7.02. The summed E-state index contributed by atoms with van der Waals surface area (Å²) in [6.45, 7) is 5.28. The standard InChI is InChI=1S/C16H27NO2/c1-13(2)10-14-6-4-7-15(11-14)16(18,12-19-3)8-5-9-17/h4,6-7,11,13,18H,5,8-10,12,17H2,1-3H3. The molecule has 0 bridgehead atoms. The van der Waals surface area contributed by atoms with E-state index in [2.05, 4.69) is 26.0 Å². The van der Waals surface area contributed by atoms with Gasteiger partial charge in [0.25, 0.3) is 0 Å². The number of ether oxygens (including phenoxy) is 1. The second-order valence-electron chi connectivity index (χ2n) is 5.66. The molecule has 1 aromatic rings. The molecule has 0 saturated carbocycles. The highest BCUT2D eigenvalue weighted by atomic mass is 16.5. The molecule has 0 saturated heterocycles. The van der Waals surface area contributed by atoms with Crippen molar-refractivity contribution in [1.29, 1.82) is 0 Å². The van der Waals surface area contributed by atoms with E-state index in [4.69, 9.17) is 10.5 Å². The lowest BCUT2D eigenvalue weighted by Gasteiger charge is -2.28. The zero-order valence-corrected chi connectivity index (χ0v) is 12.4. The molecule has 19 heavy (non-hydrogen) atoms. The highest BCUT2D eigenvalue weighted by molar-refractivity contribution is 5.28. The van der Waals surface area contributed by atoms with Crippen molar-refractivity contribution in [3.8, 4) is 0 Å². The highest BCUT2D eigenvalue weighted by Crippen LogP contribution is 2.28. The van der Waals surface area contributed by atoms with Crippen molar-refractivity contribution in [2.75, 3.05) is 20.3 Å². The number of aliphatic hydroxyl groups is 1. The van der Waals surface area contributed by atoms with E-state index >= 15 is 0 Å². The van der Waals surface area contributed by atoms with Crippen LogP contribution in [0.15, 0.2) is 24.3 Å². The Morgan fingerprint density at radius 2 is 2.11 bits per heavy atom. The summed E-state index contributed by atoms with van der Waals surface area (Å²) in [5, 5.41) is 10.8. The van der Waals surface area contributed by atoms with Gasteiger partial charge in [0.05, 0.1) is 6.61 Å². The molecule has 0 fully saturated rings. The van der Waals surface area contributed by atoms with Crippen LogP contribution in [0, 0.1) is 5.92 Å². The molecular formula is C16H27NO2. The van der Waals surface area contributed by atoms with Crippen LogP contribution in [0.2, 0.25) is 0 Å². The third-order valence-electron chi connectivity index (χ3n) is 3.29. The van der Waals surface area contributed by atoms with Crippen molar-refractivity contribution in [1.82, 2.24) is 0 Å². The van der Waals surface area contributed by atoms with Gasteiger partial charge >= 0.3 is 0 Å². The van der Waals surface area contributed by atoms with E-state index in [1.54, 1.807) is 7.11 Å². The molecule has 1 unspecified atom stereocenters. The Hall–Kier alpha value is -0.900. The van der Waals surface area contributed by atoms with Gasteiger partial charge in [0.2, 0.25) is 0 Å². The summed E-state index contributed by atoms with van der Waals surface area (Å²) < 4.78 is 5.19. The summed E-state index contributed by atoms with van der Waals surface area (Å²) in [4.78, 5) is 0. The van der Waals surface area contributed by atoms with E-state index in [9.17, 15) is 5.11 Å². The van der Waals surface area contributed by atoms with Gasteiger partial charge in [-0.3, -0.25) is 0 Å². The van der Waals surface area contributed by atoms with Crippen LogP contribution in [0.4, 0.5) is 0 Å². The predicted molar refractivity (Wildman–Crippen MR) is 79.0 cm³/mol. The van der Waals surface area contributed by atoms with Gasteiger partial charge in [-0.05, 0) is 42.9 Å². The molecule has 0 aliphatic rings. The van der Waals surface area contributed by atoms with Crippen LogP contribution in [0.3, 0.4) is 0 Å². The van der Waals surface area contributed by atoms with Gasteiger partial charge in [0, 0.05) is 7.11 Å². The van der Waals surface area contributed by atoms with Gasteiger partial charge in [-0.1, -0.05) is 38.1 Å². The van der Waals surface area contributed by atoms with Crippen molar-refractivity contribution in [2.45, 2.75) is 38.7 Å². The normalized spacial score (nSPS) is 14.6. The van der Waals surface area contributed by atoms with E-state index in [0.29, 0.717) is 25.5 Å². The first-order valence-corrected chi connectivity index (χ1v) is 7.02. The minimum atomic E-state index is -0.929. The van der Waals surface area contributed by atoms with Crippen molar-refractivity contribution in [3.05, 3.63) is 35.4 Å². The number of hydrogen-bond acceptors (Lipinski definition) is 3. The summed E-state index contributed by atoms with van der Waals surface area (Å²) in [5.41, 5.74) is 6.81.